The molecule has 1 amide bonds. The van der Waals surface area contributed by atoms with E-state index in [-0.39, 0.29) is 11.6 Å². The Labute approximate surface area is 177 Å². The second kappa shape index (κ2) is 8.55. The van der Waals surface area contributed by atoms with Gasteiger partial charge < -0.3 is 4.57 Å². The zero-order valence-electron chi connectivity index (χ0n) is 16.3. The van der Waals surface area contributed by atoms with Crippen molar-refractivity contribution in [1.29, 1.82) is 0 Å². The van der Waals surface area contributed by atoms with E-state index in [4.69, 9.17) is 0 Å². The maximum Gasteiger partial charge on any atom is 0.279 e. The molecule has 0 aliphatic rings. The van der Waals surface area contributed by atoms with Gasteiger partial charge in [0.25, 0.3) is 5.91 Å². The van der Waals surface area contributed by atoms with Crippen molar-refractivity contribution >= 4 is 33.2 Å². The minimum atomic E-state index is -0.398. The molecule has 0 atom stereocenters. The second-order valence-corrected chi connectivity index (χ2v) is 7.85. The number of aryl methyl sites for hydroxylation is 1. The molecule has 0 saturated carbocycles. The van der Waals surface area contributed by atoms with Crippen molar-refractivity contribution in [2.24, 2.45) is 4.99 Å². The molecule has 0 aliphatic heterocycles. The number of nitrogens with zero attached hydrogens (tertiary/aromatic N) is 2. The number of thiazole rings is 1. The fraction of sp³-hybridized carbons (Fsp3) is 0.125. The van der Waals surface area contributed by atoms with Crippen molar-refractivity contribution in [3.8, 4) is 0 Å². The molecule has 0 fully saturated rings. The van der Waals surface area contributed by atoms with Crippen LogP contribution in [0.3, 0.4) is 0 Å². The van der Waals surface area contributed by atoms with E-state index in [1.807, 2.05) is 29.7 Å². The molecule has 4 aromatic rings. The standard InChI is InChI=1S/C24H19FN2O2S/c1-2-14-27-20-13-12-19(25)15-21(20)30-24(27)26-23(29)18-10-8-17(9-11-18)22(28)16-6-4-3-5-7-16/h3-13,15H,2,14H2,1H3. The van der Waals surface area contributed by atoms with E-state index in [2.05, 4.69) is 4.99 Å². The molecule has 30 heavy (non-hydrogen) atoms. The molecule has 1 aromatic heterocycles. The average molecular weight is 418 g/mol. The Balaban J connectivity index is 1.66. The lowest BCUT2D eigenvalue weighted by Crippen LogP contribution is -2.16. The quantitative estimate of drug-likeness (QED) is 0.417. The van der Waals surface area contributed by atoms with Gasteiger partial charge in [0.1, 0.15) is 5.82 Å². The molecule has 1 heterocycles. The topological polar surface area (TPSA) is 51.4 Å². The van der Waals surface area contributed by atoms with E-state index < -0.39 is 5.91 Å². The first-order valence-corrected chi connectivity index (χ1v) is 10.5. The third-order valence-corrected chi connectivity index (χ3v) is 5.76. The number of hydrogen-bond donors (Lipinski definition) is 0. The number of fused-ring (bicyclic) bond motifs is 1. The molecule has 0 bridgehead atoms. The van der Waals surface area contributed by atoms with Gasteiger partial charge in [0, 0.05) is 23.2 Å². The fourth-order valence-electron chi connectivity index (χ4n) is 3.24. The van der Waals surface area contributed by atoms with Crippen molar-refractivity contribution in [3.05, 3.63) is 100 Å². The van der Waals surface area contributed by atoms with Crippen LogP contribution in [0.1, 0.15) is 39.6 Å². The summed E-state index contributed by atoms with van der Waals surface area (Å²) >= 11 is 1.29. The molecule has 6 heteroatoms. The number of benzene rings is 3. The van der Waals surface area contributed by atoms with Gasteiger partial charge in [-0.15, -0.1) is 0 Å². The van der Waals surface area contributed by atoms with Crippen LogP contribution in [0.15, 0.2) is 77.8 Å². The third kappa shape index (κ3) is 4.00. The van der Waals surface area contributed by atoms with E-state index in [0.717, 1.165) is 16.6 Å². The van der Waals surface area contributed by atoms with Crippen LogP contribution in [0.2, 0.25) is 0 Å². The summed E-state index contributed by atoms with van der Waals surface area (Å²) in [6.45, 7) is 2.72. The van der Waals surface area contributed by atoms with E-state index >= 15 is 0 Å². The van der Waals surface area contributed by atoms with Crippen molar-refractivity contribution in [2.45, 2.75) is 19.9 Å². The fourth-order valence-corrected chi connectivity index (χ4v) is 4.32. The highest BCUT2D eigenvalue weighted by atomic mass is 32.1. The molecule has 0 unspecified atom stereocenters. The molecular formula is C24H19FN2O2S. The molecule has 0 saturated heterocycles. The van der Waals surface area contributed by atoms with E-state index in [1.54, 1.807) is 42.5 Å². The summed E-state index contributed by atoms with van der Waals surface area (Å²) in [4.78, 5) is 30.1. The first kappa shape index (κ1) is 19.9. The monoisotopic (exact) mass is 418 g/mol. The van der Waals surface area contributed by atoms with Gasteiger partial charge in [-0.25, -0.2) is 4.39 Å². The number of halogens is 1. The van der Waals surface area contributed by atoms with Gasteiger partial charge in [0.2, 0.25) is 0 Å². The number of ketones is 1. The van der Waals surface area contributed by atoms with Gasteiger partial charge in [-0.2, -0.15) is 4.99 Å². The molecule has 0 N–H and O–H groups in total. The van der Waals surface area contributed by atoms with E-state index in [0.29, 0.717) is 28.0 Å². The molecular weight excluding hydrogens is 399 g/mol. The number of amides is 1. The Morgan fingerprint density at radius 2 is 1.60 bits per heavy atom. The van der Waals surface area contributed by atoms with Crippen LogP contribution in [0, 0.1) is 5.82 Å². The van der Waals surface area contributed by atoms with Gasteiger partial charge in [0.15, 0.2) is 10.6 Å². The first-order valence-electron chi connectivity index (χ1n) is 9.64. The molecule has 4 nitrogen and oxygen atoms in total. The third-order valence-electron chi connectivity index (χ3n) is 4.72. The van der Waals surface area contributed by atoms with Gasteiger partial charge in [-0.1, -0.05) is 60.7 Å². The van der Waals surface area contributed by atoms with Crippen LogP contribution in [-0.4, -0.2) is 16.3 Å². The Hall–Kier alpha value is -3.38. The predicted octanol–water partition coefficient (Wildman–Crippen LogP) is 5.22. The Bertz CT molecular complexity index is 1290. The lowest BCUT2D eigenvalue weighted by atomic mass is 10.0. The van der Waals surface area contributed by atoms with Crippen LogP contribution in [0.4, 0.5) is 4.39 Å². The average Bonchev–Trinajstić information content (AvgIpc) is 3.10. The maximum absolute atomic E-state index is 13.6. The van der Waals surface area contributed by atoms with Gasteiger partial charge in [-0.05, 0) is 36.8 Å². The SMILES string of the molecule is CCCn1c(=NC(=O)c2ccc(C(=O)c3ccccc3)cc2)sc2cc(F)ccc21. The lowest BCUT2D eigenvalue weighted by Gasteiger charge is -2.03. The molecule has 0 radical (unpaired) electrons. The highest BCUT2D eigenvalue weighted by Gasteiger charge is 2.12. The van der Waals surface area contributed by atoms with Crippen molar-refractivity contribution in [3.63, 3.8) is 0 Å². The summed E-state index contributed by atoms with van der Waals surface area (Å²) in [6.07, 6.45) is 0.862. The van der Waals surface area contributed by atoms with Crippen LogP contribution in [0.5, 0.6) is 0 Å². The van der Waals surface area contributed by atoms with E-state index in [1.165, 1.54) is 23.5 Å². The van der Waals surface area contributed by atoms with Crippen molar-refractivity contribution in [1.82, 2.24) is 4.57 Å². The molecule has 150 valence electrons. The van der Waals surface area contributed by atoms with Gasteiger partial charge >= 0.3 is 0 Å². The molecule has 4 rings (SSSR count). The van der Waals surface area contributed by atoms with Crippen molar-refractivity contribution < 1.29 is 14.0 Å². The zero-order valence-corrected chi connectivity index (χ0v) is 17.2. The predicted molar refractivity (Wildman–Crippen MR) is 116 cm³/mol. The summed E-state index contributed by atoms with van der Waals surface area (Å²) in [6, 6.07) is 20.1. The Morgan fingerprint density at radius 3 is 2.30 bits per heavy atom. The Kier molecular flexibility index (Phi) is 5.68. The number of rotatable bonds is 5. The second-order valence-electron chi connectivity index (χ2n) is 6.84. The van der Waals surface area contributed by atoms with Crippen LogP contribution in [0.25, 0.3) is 10.2 Å². The van der Waals surface area contributed by atoms with Gasteiger partial charge in [0.05, 0.1) is 10.2 Å². The first-order chi connectivity index (χ1) is 14.6. The highest BCUT2D eigenvalue weighted by Crippen LogP contribution is 2.19. The highest BCUT2D eigenvalue weighted by molar-refractivity contribution is 7.16. The van der Waals surface area contributed by atoms with Crippen LogP contribution in [-0.2, 0) is 6.54 Å². The lowest BCUT2D eigenvalue weighted by molar-refractivity contribution is 0.0994. The Morgan fingerprint density at radius 1 is 0.933 bits per heavy atom. The summed E-state index contributed by atoms with van der Waals surface area (Å²) in [7, 11) is 0. The summed E-state index contributed by atoms with van der Waals surface area (Å²) < 4.78 is 16.3. The summed E-state index contributed by atoms with van der Waals surface area (Å²) in [5.74, 6) is -0.812. The maximum atomic E-state index is 13.6. The zero-order chi connectivity index (χ0) is 21.1. The minimum Gasteiger partial charge on any atom is -0.316 e. The number of hydrogen-bond acceptors (Lipinski definition) is 3. The van der Waals surface area contributed by atoms with Crippen LogP contribution < -0.4 is 4.80 Å². The largest absolute Gasteiger partial charge is 0.316 e. The van der Waals surface area contributed by atoms with Gasteiger partial charge in [-0.3, -0.25) is 9.59 Å². The molecule has 0 spiro atoms. The van der Waals surface area contributed by atoms with Crippen LogP contribution >= 0.6 is 11.3 Å². The smallest absolute Gasteiger partial charge is 0.279 e. The summed E-state index contributed by atoms with van der Waals surface area (Å²) in [5, 5.41) is 0. The number of carbonyl (C=O) groups is 2. The summed E-state index contributed by atoms with van der Waals surface area (Å²) in [5.41, 5.74) is 2.36. The number of carbonyl (C=O) groups excluding carboxylic acids is 2. The molecule has 0 aliphatic carbocycles. The number of aromatic nitrogens is 1. The minimum absolute atomic E-state index is 0.0983. The van der Waals surface area contributed by atoms with Crippen molar-refractivity contribution in [2.75, 3.05) is 0 Å². The molecule has 3 aromatic carbocycles. The normalized spacial score (nSPS) is 11.7. The van der Waals surface area contributed by atoms with E-state index in [9.17, 15) is 14.0 Å².